The third-order valence-electron chi connectivity index (χ3n) is 6.54. The van der Waals surface area contributed by atoms with Gasteiger partial charge in [0, 0.05) is 0 Å². The summed E-state index contributed by atoms with van der Waals surface area (Å²) in [5.41, 5.74) is 0. The van der Waals surface area contributed by atoms with Crippen molar-refractivity contribution in [1.82, 2.24) is 0 Å². The van der Waals surface area contributed by atoms with Crippen LogP contribution >= 0.6 is 0 Å². The zero-order valence-corrected chi connectivity index (χ0v) is 7.76. The second kappa shape index (κ2) is 1.60. The summed E-state index contributed by atoms with van der Waals surface area (Å²) in [4.78, 5) is 0. The molecule has 0 radical (unpaired) electrons. The molecule has 0 aliphatic heterocycles. The van der Waals surface area contributed by atoms with Crippen molar-refractivity contribution < 1.29 is 5.11 Å². The average molecular weight is 176 g/mol. The molecule has 1 nitrogen and oxygen atoms in total. The Kier molecular flexibility index (Phi) is 0.793. The lowest BCUT2D eigenvalue weighted by molar-refractivity contribution is 0.0279. The molecule has 6 rings (SSSR count). The Labute approximate surface area is 78.5 Å². The number of hydrogen-bond donors (Lipinski definition) is 1. The van der Waals surface area contributed by atoms with E-state index in [9.17, 15) is 5.11 Å². The van der Waals surface area contributed by atoms with Crippen LogP contribution in [0.5, 0.6) is 0 Å². The van der Waals surface area contributed by atoms with Crippen LogP contribution in [0.4, 0.5) is 0 Å². The van der Waals surface area contributed by atoms with Gasteiger partial charge in [0.2, 0.25) is 0 Å². The van der Waals surface area contributed by atoms with Crippen molar-refractivity contribution >= 4 is 0 Å². The van der Waals surface area contributed by atoms with E-state index in [1.165, 1.54) is 12.8 Å². The largest absolute Gasteiger partial charge is 0.393 e. The Morgan fingerprint density at radius 1 is 0.692 bits per heavy atom. The standard InChI is InChI=1S/C12H16O/c13-7-3-6-9-4-1-2-5-8(4)11(6)12(7)10(5)9/h4-13H,1-3H2/t4-,5-,6-,7+,8+,9+,10-,11-,12-/m1/s1. The molecule has 13 heavy (non-hydrogen) atoms. The summed E-state index contributed by atoms with van der Waals surface area (Å²) in [6, 6.07) is 0. The van der Waals surface area contributed by atoms with Gasteiger partial charge in [-0.05, 0) is 66.6 Å². The van der Waals surface area contributed by atoms with E-state index in [2.05, 4.69) is 0 Å². The molecule has 0 heterocycles. The molecule has 6 aliphatic carbocycles. The van der Waals surface area contributed by atoms with E-state index in [4.69, 9.17) is 0 Å². The Morgan fingerprint density at radius 2 is 1.31 bits per heavy atom. The first-order chi connectivity index (χ1) is 6.38. The zero-order chi connectivity index (χ0) is 8.32. The molecule has 0 unspecified atom stereocenters. The summed E-state index contributed by atoms with van der Waals surface area (Å²) < 4.78 is 0. The molecule has 1 N–H and O–H groups in total. The van der Waals surface area contributed by atoms with E-state index in [1.807, 2.05) is 0 Å². The molecule has 1 heteroatoms. The summed E-state index contributed by atoms with van der Waals surface area (Å²) in [6.45, 7) is 0. The quantitative estimate of drug-likeness (QED) is 0.593. The fourth-order valence-electron chi connectivity index (χ4n) is 6.88. The number of aliphatic hydroxyl groups is 1. The van der Waals surface area contributed by atoms with E-state index in [1.54, 1.807) is 6.42 Å². The third-order valence-corrected chi connectivity index (χ3v) is 6.54. The molecular formula is C12H16O. The minimum absolute atomic E-state index is 0.114. The van der Waals surface area contributed by atoms with Crippen LogP contribution in [0.25, 0.3) is 0 Å². The number of aliphatic hydroxyl groups excluding tert-OH is 1. The van der Waals surface area contributed by atoms with Crippen molar-refractivity contribution in [3.8, 4) is 0 Å². The predicted octanol–water partition coefficient (Wildman–Crippen LogP) is 1.52. The van der Waals surface area contributed by atoms with Crippen LogP contribution in [0.15, 0.2) is 0 Å². The van der Waals surface area contributed by atoms with Crippen LogP contribution in [0.2, 0.25) is 0 Å². The lowest BCUT2D eigenvalue weighted by Gasteiger charge is -2.36. The maximum atomic E-state index is 9.97. The van der Waals surface area contributed by atoms with Crippen molar-refractivity contribution in [3.05, 3.63) is 0 Å². The summed E-state index contributed by atoms with van der Waals surface area (Å²) in [5, 5.41) is 9.97. The molecule has 0 spiro atoms. The van der Waals surface area contributed by atoms with E-state index >= 15 is 0 Å². The van der Waals surface area contributed by atoms with Gasteiger partial charge in [-0.2, -0.15) is 0 Å². The summed E-state index contributed by atoms with van der Waals surface area (Å²) >= 11 is 0. The predicted molar refractivity (Wildman–Crippen MR) is 47.8 cm³/mol. The van der Waals surface area contributed by atoms with Crippen molar-refractivity contribution in [2.24, 2.45) is 47.3 Å². The molecule has 9 atom stereocenters. The van der Waals surface area contributed by atoms with Gasteiger partial charge in [-0.15, -0.1) is 0 Å². The van der Waals surface area contributed by atoms with E-state index < -0.39 is 0 Å². The zero-order valence-electron chi connectivity index (χ0n) is 7.76. The first kappa shape index (κ1) is 6.44. The van der Waals surface area contributed by atoms with Gasteiger partial charge >= 0.3 is 0 Å². The van der Waals surface area contributed by atoms with Gasteiger partial charge in [-0.25, -0.2) is 0 Å². The van der Waals surface area contributed by atoms with Crippen LogP contribution in [0, 0.1) is 47.3 Å². The topological polar surface area (TPSA) is 20.2 Å². The maximum absolute atomic E-state index is 9.97. The second-order valence-corrected chi connectivity index (χ2v) is 6.26. The van der Waals surface area contributed by atoms with Gasteiger partial charge in [0.05, 0.1) is 6.10 Å². The number of rotatable bonds is 0. The van der Waals surface area contributed by atoms with E-state index in [-0.39, 0.29) is 6.10 Å². The normalized spacial score (nSPS) is 80.5. The highest BCUT2D eigenvalue weighted by atomic mass is 16.3. The molecule has 70 valence electrons. The van der Waals surface area contributed by atoms with Crippen LogP contribution in [0.3, 0.4) is 0 Å². The van der Waals surface area contributed by atoms with Crippen molar-refractivity contribution in [3.63, 3.8) is 0 Å². The van der Waals surface area contributed by atoms with Crippen LogP contribution in [-0.4, -0.2) is 11.2 Å². The fourth-order valence-corrected chi connectivity index (χ4v) is 6.88. The first-order valence-corrected chi connectivity index (χ1v) is 6.06. The monoisotopic (exact) mass is 176 g/mol. The van der Waals surface area contributed by atoms with Gasteiger partial charge in [-0.3, -0.25) is 0 Å². The summed E-state index contributed by atoms with van der Waals surface area (Å²) in [7, 11) is 0. The van der Waals surface area contributed by atoms with Gasteiger partial charge < -0.3 is 5.11 Å². The second-order valence-electron chi connectivity index (χ2n) is 6.26. The molecule has 0 aromatic heterocycles. The van der Waals surface area contributed by atoms with Gasteiger partial charge in [0.15, 0.2) is 0 Å². The van der Waals surface area contributed by atoms with Crippen LogP contribution in [0.1, 0.15) is 19.3 Å². The third kappa shape index (κ3) is 0.423. The summed E-state index contributed by atoms with van der Waals surface area (Å²) in [5.74, 6) is 8.18. The van der Waals surface area contributed by atoms with Gasteiger partial charge in [0.1, 0.15) is 0 Å². The highest BCUT2D eigenvalue weighted by molar-refractivity contribution is 5.26. The maximum Gasteiger partial charge on any atom is 0.0577 e. The molecule has 8 bridgehead atoms. The van der Waals surface area contributed by atoms with Crippen molar-refractivity contribution in [2.75, 3.05) is 0 Å². The molecule has 0 aromatic rings. The smallest absolute Gasteiger partial charge is 0.0577 e. The van der Waals surface area contributed by atoms with Crippen molar-refractivity contribution in [2.45, 2.75) is 25.4 Å². The average Bonchev–Trinajstić information content (AvgIpc) is 2.78. The highest BCUT2D eigenvalue weighted by Crippen LogP contribution is 2.82. The fraction of sp³-hybridized carbons (Fsp3) is 1.00. The minimum Gasteiger partial charge on any atom is -0.393 e. The molecule has 0 saturated heterocycles. The van der Waals surface area contributed by atoms with Gasteiger partial charge in [0.25, 0.3) is 0 Å². The SMILES string of the molecule is O[C@H]1C[C@@H]2[C@@H]3[C@@H]4CC[C@@H]5[C@H]4[C@@H]2[C@H]1[C@H]53. The molecular weight excluding hydrogens is 160 g/mol. The molecule has 6 aliphatic rings. The molecule has 0 amide bonds. The van der Waals surface area contributed by atoms with Crippen LogP contribution in [-0.2, 0) is 0 Å². The lowest BCUT2D eigenvalue weighted by atomic mass is 9.70. The van der Waals surface area contributed by atoms with E-state index in [0.717, 1.165) is 47.3 Å². The first-order valence-electron chi connectivity index (χ1n) is 6.06. The van der Waals surface area contributed by atoms with Gasteiger partial charge in [-0.1, -0.05) is 0 Å². The number of hydrogen-bond acceptors (Lipinski definition) is 1. The molecule has 6 fully saturated rings. The Bertz CT molecular complexity index is 287. The highest BCUT2D eigenvalue weighted by Gasteiger charge is 2.78. The Hall–Kier alpha value is -0.0400. The Balaban J connectivity index is 1.75. The Morgan fingerprint density at radius 3 is 2.15 bits per heavy atom. The minimum atomic E-state index is 0.114. The lowest BCUT2D eigenvalue weighted by Crippen LogP contribution is -2.35. The van der Waals surface area contributed by atoms with Crippen molar-refractivity contribution in [1.29, 1.82) is 0 Å². The van der Waals surface area contributed by atoms with E-state index in [0.29, 0.717) is 0 Å². The molecule has 6 saturated carbocycles. The molecule has 0 aromatic carbocycles. The van der Waals surface area contributed by atoms with Crippen LogP contribution < -0.4 is 0 Å². The summed E-state index contributed by atoms with van der Waals surface area (Å²) in [6.07, 6.45) is 4.36.